The number of nitrogens with one attached hydrogen (secondary N) is 2. The lowest BCUT2D eigenvalue weighted by Crippen LogP contribution is -2.30. The van der Waals surface area contributed by atoms with E-state index in [0.29, 0.717) is 24.3 Å². The number of aryl methyl sites for hydroxylation is 1. The molecule has 1 unspecified atom stereocenters. The van der Waals surface area contributed by atoms with E-state index in [1.165, 1.54) is 0 Å². The van der Waals surface area contributed by atoms with Crippen molar-refractivity contribution in [3.05, 3.63) is 78.4 Å². The van der Waals surface area contributed by atoms with Gasteiger partial charge in [-0.25, -0.2) is 0 Å². The maximum absolute atomic E-state index is 12.5. The Hall–Kier alpha value is -3.60. The van der Waals surface area contributed by atoms with Crippen LogP contribution in [0.5, 0.6) is 5.75 Å². The van der Waals surface area contributed by atoms with Gasteiger partial charge in [-0.2, -0.15) is 0 Å². The van der Waals surface area contributed by atoms with Gasteiger partial charge >= 0.3 is 0 Å². The van der Waals surface area contributed by atoms with E-state index >= 15 is 0 Å². The van der Waals surface area contributed by atoms with Crippen molar-refractivity contribution in [3.8, 4) is 16.9 Å². The van der Waals surface area contributed by atoms with Crippen LogP contribution in [0.1, 0.15) is 18.9 Å². The van der Waals surface area contributed by atoms with Crippen molar-refractivity contribution < 1.29 is 14.3 Å². The highest BCUT2D eigenvalue weighted by molar-refractivity contribution is 5.96. The predicted molar refractivity (Wildman–Crippen MR) is 114 cm³/mol. The summed E-state index contributed by atoms with van der Waals surface area (Å²) in [5.41, 5.74) is 4.75. The molecule has 0 radical (unpaired) electrons. The molecular formula is C24H22N2O3. The number of carbonyl (C=O) groups is 2. The first-order valence-corrected chi connectivity index (χ1v) is 9.64. The first-order chi connectivity index (χ1) is 14.1. The molecule has 5 nitrogen and oxygen atoms in total. The molecule has 0 aliphatic carbocycles. The number of ether oxygens (including phenoxy) is 1. The zero-order valence-electron chi connectivity index (χ0n) is 16.1. The van der Waals surface area contributed by atoms with Gasteiger partial charge in [0, 0.05) is 17.8 Å². The summed E-state index contributed by atoms with van der Waals surface area (Å²) in [5, 5.41) is 5.72. The van der Waals surface area contributed by atoms with Crippen molar-refractivity contribution in [2.75, 3.05) is 10.6 Å². The van der Waals surface area contributed by atoms with Crippen molar-refractivity contribution in [1.82, 2.24) is 0 Å². The molecule has 146 valence electrons. The van der Waals surface area contributed by atoms with E-state index in [9.17, 15) is 9.59 Å². The van der Waals surface area contributed by atoms with E-state index in [4.69, 9.17) is 4.74 Å². The van der Waals surface area contributed by atoms with Crippen molar-refractivity contribution in [3.63, 3.8) is 0 Å². The fraction of sp³-hybridized carbons (Fsp3) is 0.167. The lowest BCUT2D eigenvalue weighted by Gasteiger charge is -2.19. The molecule has 0 bridgehead atoms. The molecule has 3 aromatic rings. The fourth-order valence-electron chi connectivity index (χ4n) is 3.32. The highest BCUT2D eigenvalue weighted by Gasteiger charge is 2.18. The molecule has 0 saturated heterocycles. The van der Waals surface area contributed by atoms with Gasteiger partial charge in [-0.05, 0) is 60.4 Å². The average molecular weight is 386 g/mol. The number of amides is 2. The highest BCUT2D eigenvalue weighted by Crippen LogP contribution is 2.26. The van der Waals surface area contributed by atoms with E-state index in [0.717, 1.165) is 22.4 Å². The van der Waals surface area contributed by atoms with E-state index in [1.54, 1.807) is 13.0 Å². The van der Waals surface area contributed by atoms with Gasteiger partial charge in [0.25, 0.3) is 5.91 Å². The number of benzene rings is 3. The summed E-state index contributed by atoms with van der Waals surface area (Å²) in [6, 6.07) is 23.3. The van der Waals surface area contributed by atoms with Gasteiger partial charge in [0.1, 0.15) is 5.75 Å². The largest absolute Gasteiger partial charge is 0.481 e. The zero-order valence-corrected chi connectivity index (χ0v) is 16.1. The van der Waals surface area contributed by atoms with Crippen LogP contribution in [0.25, 0.3) is 11.1 Å². The molecule has 1 aliphatic rings. The van der Waals surface area contributed by atoms with Crippen LogP contribution in [0.2, 0.25) is 0 Å². The third kappa shape index (κ3) is 4.46. The third-order valence-electron chi connectivity index (χ3n) is 4.91. The molecule has 0 spiro atoms. The molecule has 0 aromatic heterocycles. The second kappa shape index (κ2) is 8.19. The maximum atomic E-state index is 12.5. The molecule has 2 amide bonds. The number of fused-ring (bicyclic) bond motifs is 1. The Morgan fingerprint density at radius 1 is 0.966 bits per heavy atom. The van der Waals surface area contributed by atoms with Crippen LogP contribution in [0, 0.1) is 0 Å². The smallest absolute Gasteiger partial charge is 0.265 e. The van der Waals surface area contributed by atoms with Crippen molar-refractivity contribution in [1.29, 1.82) is 0 Å². The van der Waals surface area contributed by atoms with Gasteiger partial charge in [0.05, 0.1) is 0 Å². The van der Waals surface area contributed by atoms with E-state index in [1.807, 2.05) is 54.6 Å². The van der Waals surface area contributed by atoms with Crippen molar-refractivity contribution >= 4 is 23.2 Å². The van der Waals surface area contributed by atoms with Crippen molar-refractivity contribution in [2.24, 2.45) is 0 Å². The van der Waals surface area contributed by atoms with Crippen LogP contribution in [0.15, 0.2) is 72.8 Å². The van der Waals surface area contributed by atoms with Crippen LogP contribution < -0.4 is 15.4 Å². The highest BCUT2D eigenvalue weighted by atomic mass is 16.5. The van der Waals surface area contributed by atoms with Gasteiger partial charge in [-0.1, -0.05) is 42.5 Å². The summed E-state index contributed by atoms with van der Waals surface area (Å²) in [7, 11) is 0. The molecule has 1 heterocycles. The molecule has 29 heavy (non-hydrogen) atoms. The minimum absolute atomic E-state index is 0.0228. The summed E-state index contributed by atoms with van der Waals surface area (Å²) in [5.74, 6) is 0.437. The first kappa shape index (κ1) is 18.7. The Kier molecular flexibility index (Phi) is 5.29. The molecule has 5 heteroatoms. The van der Waals surface area contributed by atoms with Gasteiger partial charge in [0.15, 0.2) is 6.10 Å². The van der Waals surface area contributed by atoms with Crippen LogP contribution in [-0.2, 0) is 16.0 Å². The number of rotatable bonds is 5. The second-order valence-electron chi connectivity index (χ2n) is 7.06. The SMILES string of the molecule is CC(Oc1ccc(-c2ccccc2)cc1)C(=O)Nc1ccc2c(c1)CCC(=O)N2. The molecule has 4 rings (SSSR count). The number of hydrogen-bond acceptors (Lipinski definition) is 3. The quantitative estimate of drug-likeness (QED) is 0.671. The third-order valence-corrected chi connectivity index (χ3v) is 4.91. The molecular weight excluding hydrogens is 364 g/mol. The summed E-state index contributed by atoms with van der Waals surface area (Å²) in [6.07, 6.45) is 0.487. The fourth-order valence-corrected chi connectivity index (χ4v) is 3.32. The molecule has 2 N–H and O–H groups in total. The summed E-state index contributed by atoms with van der Waals surface area (Å²) >= 11 is 0. The molecule has 0 fully saturated rings. The monoisotopic (exact) mass is 386 g/mol. The van der Waals surface area contributed by atoms with Gasteiger partial charge < -0.3 is 15.4 Å². The number of carbonyl (C=O) groups excluding carboxylic acids is 2. The lowest BCUT2D eigenvalue weighted by atomic mass is 10.0. The van der Waals surface area contributed by atoms with Gasteiger partial charge in [0.2, 0.25) is 5.91 Å². The molecule has 1 aliphatic heterocycles. The molecule has 3 aromatic carbocycles. The number of anilines is 2. The second-order valence-corrected chi connectivity index (χ2v) is 7.06. The Labute approximate surface area is 169 Å². The molecule has 0 saturated carbocycles. The Bertz CT molecular complexity index is 1030. The minimum atomic E-state index is -0.645. The summed E-state index contributed by atoms with van der Waals surface area (Å²) in [4.78, 5) is 24.0. The maximum Gasteiger partial charge on any atom is 0.265 e. The van der Waals surface area contributed by atoms with Crippen molar-refractivity contribution in [2.45, 2.75) is 25.9 Å². The van der Waals surface area contributed by atoms with Gasteiger partial charge in [-0.3, -0.25) is 9.59 Å². The topological polar surface area (TPSA) is 67.4 Å². The Morgan fingerprint density at radius 3 is 2.45 bits per heavy atom. The standard InChI is InChI=1S/C24H22N2O3/c1-16(29-21-11-7-18(8-12-21)17-5-3-2-4-6-17)24(28)25-20-10-13-22-19(15-20)9-14-23(27)26-22/h2-8,10-13,15-16H,9,14H2,1H3,(H,25,28)(H,26,27). The van der Waals surface area contributed by atoms with Gasteiger partial charge in [-0.15, -0.1) is 0 Å². The summed E-state index contributed by atoms with van der Waals surface area (Å²) in [6.45, 7) is 1.72. The summed E-state index contributed by atoms with van der Waals surface area (Å²) < 4.78 is 5.80. The van der Waals surface area contributed by atoms with E-state index in [-0.39, 0.29) is 11.8 Å². The number of hydrogen-bond donors (Lipinski definition) is 2. The predicted octanol–water partition coefficient (Wildman–Crippen LogP) is 4.64. The lowest BCUT2D eigenvalue weighted by molar-refractivity contribution is -0.122. The Morgan fingerprint density at radius 2 is 1.69 bits per heavy atom. The Balaban J connectivity index is 1.38. The zero-order chi connectivity index (χ0) is 20.2. The molecule has 1 atom stereocenters. The minimum Gasteiger partial charge on any atom is -0.481 e. The first-order valence-electron chi connectivity index (χ1n) is 9.64. The van der Waals surface area contributed by atoms with E-state index in [2.05, 4.69) is 22.8 Å². The average Bonchev–Trinajstić information content (AvgIpc) is 2.75. The van der Waals surface area contributed by atoms with Crippen LogP contribution in [0.4, 0.5) is 11.4 Å². The van der Waals surface area contributed by atoms with E-state index < -0.39 is 6.10 Å². The van der Waals surface area contributed by atoms with Crippen LogP contribution in [0.3, 0.4) is 0 Å². The van der Waals surface area contributed by atoms with Crippen LogP contribution >= 0.6 is 0 Å². The van der Waals surface area contributed by atoms with Crippen LogP contribution in [-0.4, -0.2) is 17.9 Å². The normalized spacial score (nSPS) is 13.8.